The molecule has 0 spiro atoms. The minimum atomic E-state index is -0.490. The van der Waals surface area contributed by atoms with Crippen molar-refractivity contribution < 1.29 is 10.0 Å². The van der Waals surface area contributed by atoms with Crippen molar-refractivity contribution >= 4 is 28.4 Å². The predicted molar refractivity (Wildman–Crippen MR) is 109 cm³/mol. The van der Waals surface area contributed by atoms with Crippen LogP contribution in [0.2, 0.25) is 0 Å². The van der Waals surface area contributed by atoms with Crippen molar-refractivity contribution in [1.82, 2.24) is 9.55 Å². The molecule has 0 radical (unpaired) electrons. The van der Waals surface area contributed by atoms with Crippen LogP contribution < -0.4 is 5.56 Å². The normalized spacial score (nSPS) is 11.2. The molecule has 0 bridgehead atoms. The lowest BCUT2D eigenvalue weighted by Crippen LogP contribution is -2.20. The number of non-ortho nitro benzene ring substituents is 1. The monoisotopic (exact) mass is 386 g/mol. The highest BCUT2D eigenvalue weighted by molar-refractivity contribution is 6.02. The number of nitro benzene ring substituents is 1. The Labute approximate surface area is 164 Å². The highest BCUT2D eigenvalue weighted by Gasteiger charge is 2.16. The van der Waals surface area contributed by atoms with Crippen LogP contribution in [-0.4, -0.2) is 25.8 Å². The van der Waals surface area contributed by atoms with Crippen LogP contribution in [0.4, 0.5) is 11.4 Å². The van der Waals surface area contributed by atoms with Gasteiger partial charge in [0.15, 0.2) is 0 Å². The summed E-state index contributed by atoms with van der Waals surface area (Å²) in [7, 11) is 0. The minimum Gasteiger partial charge on any atom is -0.494 e. The zero-order valence-electron chi connectivity index (χ0n) is 15.0. The molecule has 2 heterocycles. The number of fused-ring (bicyclic) bond motifs is 1. The molecule has 0 unspecified atom stereocenters. The fraction of sp³-hybridized carbons (Fsp3) is 0. The van der Waals surface area contributed by atoms with E-state index in [1.807, 2.05) is 0 Å². The maximum Gasteiger partial charge on any atom is 0.269 e. The fourth-order valence-electron chi connectivity index (χ4n) is 2.99. The molecule has 0 aliphatic rings. The van der Waals surface area contributed by atoms with Crippen molar-refractivity contribution in [3.05, 3.63) is 99.0 Å². The molecule has 8 nitrogen and oxygen atoms in total. The van der Waals surface area contributed by atoms with Crippen molar-refractivity contribution in [1.29, 1.82) is 0 Å². The Morgan fingerprint density at radius 1 is 1.00 bits per heavy atom. The molecule has 0 aliphatic carbocycles. The van der Waals surface area contributed by atoms with Crippen molar-refractivity contribution in [3.8, 4) is 11.7 Å². The van der Waals surface area contributed by atoms with E-state index in [2.05, 4.69) is 9.98 Å². The average Bonchev–Trinajstić information content (AvgIpc) is 2.75. The molecule has 0 saturated heterocycles. The van der Waals surface area contributed by atoms with Crippen LogP contribution in [0.15, 0.2) is 82.7 Å². The summed E-state index contributed by atoms with van der Waals surface area (Å²) in [4.78, 5) is 31.7. The van der Waals surface area contributed by atoms with E-state index in [9.17, 15) is 20.0 Å². The second-order valence-corrected chi connectivity index (χ2v) is 6.14. The molecule has 0 amide bonds. The Hall–Kier alpha value is -4.33. The molecule has 8 heteroatoms. The molecule has 1 N–H and O–H groups in total. The molecule has 2 aromatic heterocycles. The third-order valence-corrected chi connectivity index (χ3v) is 4.39. The van der Waals surface area contributed by atoms with Gasteiger partial charge in [-0.3, -0.25) is 19.9 Å². The number of benzene rings is 2. The third-order valence-electron chi connectivity index (χ3n) is 4.39. The number of aliphatic imine (C=N–C) groups is 1. The van der Waals surface area contributed by atoms with Gasteiger partial charge in [-0.05, 0) is 30.3 Å². The first kappa shape index (κ1) is 18.1. The highest BCUT2D eigenvalue weighted by Crippen LogP contribution is 2.26. The Morgan fingerprint density at radius 2 is 1.69 bits per heavy atom. The third kappa shape index (κ3) is 3.34. The molecule has 0 fully saturated rings. The van der Waals surface area contributed by atoms with Gasteiger partial charge in [0.25, 0.3) is 11.2 Å². The van der Waals surface area contributed by atoms with Crippen LogP contribution in [-0.2, 0) is 0 Å². The molecule has 2 aromatic carbocycles. The van der Waals surface area contributed by atoms with Gasteiger partial charge in [-0.25, -0.2) is 9.55 Å². The molecule has 29 heavy (non-hydrogen) atoms. The molecule has 4 aromatic rings. The van der Waals surface area contributed by atoms with E-state index >= 15 is 0 Å². The van der Waals surface area contributed by atoms with Crippen LogP contribution in [0.3, 0.4) is 0 Å². The summed E-state index contributed by atoms with van der Waals surface area (Å²) in [5.41, 5.74) is 0.365. The highest BCUT2D eigenvalue weighted by atomic mass is 16.6. The number of rotatable bonds is 4. The van der Waals surface area contributed by atoms with Gasteiger partial charge >= 0.3 is 0 Å². The quantitative estimate of drug-likeness (QED) is 0.326. The summed E-state index contributed by atoms with van der Waals surface area (Å²) in [6, 6.07) is 17.6. The van der Waals surface area contributed by atoms with Crippen molar-refractivity contribution in [2.24, 2.45) is 4.99 Å². The summed E-state index contributed by atoms with van der Waals surface area (Å²) >= 11 is 0. The van der Waals surface area contributed by atoms with E-state index in [4.69, 9.17) is 0 Å². The molecule has 0 atom stereocenters. The molecular weight excluding hydrogens is 372 g/mol. The molecule has 0 aliphatic heterocycles. The van der Waals surface area contributed by atoms with Crippen molar-refractivity contribution in [2.45, 2.75) is 0 Å². The Bertz CT molecular complexity index is 1300. The van der Waals surface area contributed by atoms with Gasteiger partial charge in [-0.15, -0.1) is 0 Å². The number of aromatic nitrogens is 2. The number of nitrogens with zero attached hydrogens (tertiary/aromatic N) is 4. The van der Waals surface area contributed by atoms with Gasteiger partial charge in [0.1, 0.15) is 5.82 Å². The summed E-state index contributed by atoms with van der Waals surface area (Å²) in [5.74, 6) is -0.0104. The van der Waals surface area contributed by atoms with E-state index in [-0.39, 0.29) is 17.4 Å². The Kier molecular flexibility index (Phi) is 4.58. The molecular formula is C21H14N4O4. The van der Waals surface area contributed by atoms with Gasteiger partial charge in [0, 0.05) is 35.3 Å². The minimum absolute atomic E-state index is 0.0408. The second-order valence-electron chi connectivity index (χ2n) is 6.14. The fourth-order valence-corrected chi connectivity index (χ4v) is 2.99. The first-order valence-electron chi connectivity index (χ1n) is 8.63. The van der Waals surface area contributed by atoms with E-state index in [1.54, 1.807) is 42.5 Å². The number of hydrogen-bond donors (Lipinski definition) is 1. The van der Waals surface area contributed by atoms with Crippen LogP contribution in [0, 0.1) is 10.1 Å². The summed E-state index contributed by atoms with van der Waals surface area (Å²) in [6.45, 7) is 0. The SMILES string of the molecule is O=c1c2ccccc2c(C=Nc2ccc([N+](=O)[O-])cc2)c(O)n1-c1ccccn1. The molecule has 142 valence electrons. The first-order valence-corrected chi connectivity index (χ1v) is 8.63. The zero-order chi connectivity index (χ0) is 20.4. The summed E-state index contributed by atoms with van der Waals surface area (Å²) in [6.07, 6.45) is 2.96. The number of aromatic hydroxyl groups is 1. The lowest BCUT2D eigenvalue weighted by atomic mass is 10.1. The number of pyridine rings is 2. The van der Waals surface area contributed by atoms with Crippen LogP contribution in [0.1, 0.15) is 5.56 Å². The lowest BCUT2D eigenvalue weighted by molar-refractivity contribution is -0.384. The van der Waals surface area contributed by atoms with E-state index in [0.717, 1.165) is 4.57 Å². The van der Waals surface area contributed by atoms with Crippen LogP contribution >= 0.6 is 0 Å². The smallest absolute Gasteiger partial charge is 0.269 e. The van der Waals surface area contributed by atoms with Gasteiger partial charge < -0.3 is 5.11 Å². The van der Waals surface area contributed by atoms with Gasteiger partial charge in [0.2, 0.25) is 5.88 Å². The standard InChI is InChI=1S/C21H14N4O4/c26-20-17-6-2-1-5-16(17)18(21(27)24(20)19-7-3-4-12-22-19)13-23-14-8-10-15(11-9-14)25(28)29/h1-13,27H. The maximum absolute atomic E-state index is 12.9. The van der Waals surface area contributed by atoms with Crippen LogP contribution in [0.25, 0.3) is 16.6 Å². The second kappa shape index (κ2) is 7.35. The first-order chi connectivity index (χ1) is 14.1. The Balaban J connectivity index is 1.89. The van der Waals surface area contributed by atoms with E-state index in [1.165, 1.54) is 36.7 Å². The van der Waals surface area contributed by atoms with E-state index in [0.29, 0.717) is 22.0 Å². The maximum atomic E-state index is 12.9. The van der Waals surface area contributed by atoms with Crippen molar-refractivity contribution in [3.63, 3.8) is 0 Å². The molecule has 4 rings (SSSR count). The van der Waals surface area contributed by atoms with Gasteiger partial charge in [-0.1, -0.05) is 24.3 Å². The largest absolute Gasteiger partial charge is 0.494 e. The molecule has 0 saturated carbocycles. The Morgan fingerprint density at radius 3 is 2.34 bits per heavy atom. The average molecular weight is 386 g/mol. The zero-order valence-corrected chi connectivity index (χ0v) is 15.0. The number of hydrogen-bond acceptors (Lipinski definition) is 6. The number of nitro groups is 1. The van der Waals surface area contributed by atoms with Gasteiger partial charge in [0.05, 0.1) is 16.2 Å². The van der Waals surface area contributed by atoms with Crippen LogP contribution in [0.5, 0.6) is 5.88 Å². The lowest BCUT2D eigenvalue weighted by Gasteiger charge is -2.12. The van der Waals surface area contributed by atoms with Crippen molar-refractivity contribution in [2.75, 3.05) is 0 Å². The van der Waals surface area contributed by atoms with E-state index < -0.39 is 10.5 Å². The summed E-state index contributed by atoms with van der Waals surface area (Å²) in [5, 5.41) is 22.6. The van der Waals surface area contributed by atoms with Gasteiger partial charge in [-0.2, -0.15) is 0 Å². The summed E-state index contributed by atoms with van der Waals surface area (Å²) < 4.78 is 1.12. The topological polar surface area (TPSA) is 111 Å². The predicted octanol–water partition coefficient (Wildman–Crippen LogP) is 3.75.